The van der Waals surface area contributed by atoms with E-state index < -0.39 is 0 Å². The normalized spacial score (nSPS) is 21.6. The van der Waals surface area contributed by atoms with Gasteiger partial charge in [0.05, 0.1) is 36.9 Å². The third-order valence-electron chi connectivity index (χ3n) is 6.85. The van der Waals surface area contributed by atoms with Gasteiger partial charge in [0.2, 0.25) is 0 Å². The molecule has 1 aromatic heterocycles. The van der Waals surface area contributed by atoms with E-state index in [2.05, 4.69) is 16.3 Å². The molecule has 0 saturated carbocycles. The molecule has 36 heavy (non-hydrogen) atoms. The third kappa shape index (κ3) is 5.75. The first-order valence-electron chi connectivity index (χ1n) is 12.6. The van der Waals surface area contributed by atoms with Crippen molar-refractivity contribution in [3.05, 3.63) is 53.0 Å². The van der Waals surface area contributed by atoms with Crippen molar-refractivity contribution in [2.24, 2.45) is 0 Å². The van der Waals surface area contributed by atoms with Crippen molar-refractivity contribution in [2.75, 3.05) is 44.3 Å². The Bertz CT molecular complexity index is 1090. The van der Waals surface area contributed by atoms with Gasteiger partial charge in [0, 0.05) is 38.3 Å². The lowest BCUT2D eigenvalue weighted by atomic mass is 10.0. The lowest BCUT2D eigenvalue weighted by molar-refractivity contribution is 0.0283. The zero-order valence-electron chi connectivity index (χ0n) is 20.4. The second kappa shape index (κ2) is 11.6. The maximum Gasteiger partial charge on any atom is 0.410 e. The van der Waals surface area contributed by atoms with Gasteiger partial charge in [0.15, 0.2) is 5.82 Å². The molecule has 0 spiro atoms. The molecule has 2 fully saturated rings. The first kappa shape index (κ1) is 24.4. The molecular weight excluding hydrogens is 460 g/mol. The Balaban J connectivity index is 1.30. The summed E-state index contributed by atoms with van der Waals surface area (Å²) in [5.74, 6) is 1.55. The average molecular weight is 493 g/mol. The summed E-state index contributed by atoms with van der Waals surface area (Å²) in [6.45, 7) is 5.02. The summed E-state index contributed by atoms with van der Waals surface area (Å²) >= 11 is 0. The number of piperazine rings is 1. The summed E-state index contributed by atoms with van der Waals surface area (Å²) in [6, 6.07) is 11.6. The van der Waals surface area contributed by atoms with E-state index in [4.69, 9.17) is 24.2 Å². The summed E-state index contributed by atoms with van der Waals surface area (Å²) in [4.78, 5) is 26.5. The van der Waals surface area contributed by atoms with Gasteiger partial charge in [-0.05, 0) is 24.9 Å². The Labute approximate surface area is 211 Å². The molecule has 0 bridgehead atoms. The number of benzene rings is 1. The SMILES string of the molecule is N#CC[C@H]1CN(c2nc(CO[C@H]3CCOC3)nc3c2CCNC3)CCN1C(=O)OCc1ccccc1. The monoisotopic (exact) mass is 492 g/mol. The van der Waals surface area contributed by atoms with Crippen LogP contribution in [0.4, 0.5) is 10.6 Å². The van der Waals surface area contributed by atoms with Crippen molar-refractivity contribution in [1.82, 2.24) is 20.2 Å². The van der Waals surface area contributed by atoms with E-state index in [1.165, 1.54) is 0 Å². The number of aromatic nitrogens is 2. The second-order valence-corrected chi connectivity index (χ2v) is 9.31. The molecule has 0 radical (unpaired) electrons. The van der Waals surface area contributed by atoms with Gasteiger partial charge in [0.25, 0.3) is 0 Å². The van der Waals surface area contributed by atoms with Gasteiger partial charge < -0.3 is 29.3 Å². The smallest absolute Gasteiger partial charge is 0.410 e. The van der Waals surface area contributed by atoms with Crippen LogP contribution in [-0.2, 0) is 40.4 Å². The third-order valence-corrected chi connectivity index (χ3v) is 6.85. The van der Waals surface area contributed by atoms with Gasteiger partial charge in [-0.15, -0.1) is 0 Å². The van der Waals surface area contributed by atoms with Crippen molar-refractivity contribution in [2.45, 2.75) is 51.2 Å². The fourth-order valence-electron chi connectivity index (χ4n) is 4.92. The van der Waals surface area contributed by atoms with Crippen molar-refractivity contribution in [3.63, 3.8) is 0 Å². The number of rotatable bonds is 7. The topological polar surface area (TPSA) is 113 Å². The number of amides is 1. The van der Waals surface area contributed by atoms with E-state index >= 15 is 0 Å². The number of hydrogen-bond acceptors (Lipinski definition) is 9. The van der Waals surface area contributed by atoms with Crippen LogP contribution in [0.5, 0.6) is 0 Å². The summed E-state index contributed by atoms with van der Waals surface area (Å²) < 4.78 is 17.0. The molecule has 5 rings (SSSR count). The molecule has 0 unspecified atom stereocenters. The fourth-order valence-corrected chi connectivity index (χ4v) is 4.92. The van der Waals surface area contributed by atoms with E-state index in [9.17, 15) is 10.1 Å². The zero-order valence-corrected chi connectivity index (χ0v) is 20.4. The number of anilines is 1. The fraction of sp³-hybridized carbons (Fsp3) is 0.538. The van der Waals surface area contributed by atoms with E-state index in [1.54, 1.807) is 4.90 Å². The minimum atomic E-state index is -0.388. The summed E-state index contributed by atoms with van der Waals surface area (Å²) in [5.41, 5.74) is 3.06. The van der Waals surface area contributed by atoms with Crippen LogP contribution in [0.15, 0.2) is 30.3 Å². The summed E-state index contributed by atoms with van der Waals surface area (Å²) in [7, 11) is 0. The average Bonchev–Trinajstić information content (AvgIpc) is 3.45. The molecule has 3 aliphatic heterocycles. The minimum absolute atomic E-state index is 0.0802. The molecule has 3 aliphatic rings. The minimum Gasteiger partial charge on any atom is -0.445 e. The van der Waals surface area contributed by atoms with Crippen LogP contribution in [0.2, 0.25) is 0 Å². The molecule has 4 heterocycles. The van der Waals surface area contributed by atoms with E-state index in [-0.39, 0.29) is 31.3 Å². The van der Waals surface area contributed by atoms with Crippen LogP contribution in [0.3, 0.4) is 0 Å². The van der Waals surface area contributed by atoms with Gasteiger partial charge in [-0.3, -0.25) is 0 Å². The van der Waals surface area contributed by atoms with Crippen LogP contribution in [0, 0.1) is 11.3 Å². The number of carbonyl (C=O) groups excluding carboxylic acids is 1. The predicted octanol–water partition coefficient (Wildman–Crippen LogP) is 2.17. The highest BCUT2D eigenvalue weighted by Crippen LogP contribution is 2.27. The molecule has 2 aromatic rings. The summed E-state index contributed by atoms with van der Waals surface area (Å²) in [5, 5.41) is 12.9. The zero-order chi connectivity index (χ0) is 24.7. The van der Waals surface area contributed by atoms with Gasteiger partial charge in [0.1, 0.15) is 19.0 Å². The highest BCUT2D eigenvalue weighted by molar-refractivity contribution is 5.69. The molecule has 190 valence electrons. The van der Waals surface area contributed by atoms with Gasteiger partial charge in [-0.25, -0.2) is 14.8 Å². The van der Waals surface area contributed by atoms with E-state index in [0.29, 0.717) is 45.2 Å². The Hall–Kier alpha value is -3.26. The Kier molecular flexibility index (Phi) is 7.91. The molecule has 2 saturated heterocycles. The van der Waals surface area contributed by atoms with Crippen molar-refractivity contribution in [3.8, 4) is 6.07 Å². The Morgan fingerprint density at radius 1 is 1.22 bits per heavy atom. The maximum atomic E-state index is 12.9. The maximum absolute atomic E-state index is 12.9. The number of ether oxygens (including phenoxy) is 3. The Morgan fingerprint density at radius 3 is 2.92 bits per heavy atom. The van der Waals surface area contributed by atoms with E-state index in [1.807, 2.05) is 30.3 Å². The lowest BCUT2D eigenvalue weighted by Gasteiger charge is -2.41. The van der Waals surface area contributed by atoms with Crippen LogP contribution >= 0.6 is 0 Å². The first-order chi connectivity index (χ1) is 17.7. The lowest BCUT2D eigenvalue weighted by Crippen LogP contribution is -2.55. The van der Waals surface area contributed by atoms with Gasteiger partial charge in [-0.1, -0.05) is 30.3 Å². The standard InChI is InChI=1S/C26H32N6O4/c27-9-6-20-15-31(11-12-32(20)26(33)36-16-19-4-2-1-3-5-19)25-22-7-10-28-14-23(22)29-24(30-25)18-35-21-8-13-34-17-21/h1-5,20-21,28H,6-8,10-18H2/t20-,21-/m0/s1. The predicted molar refractivity (Wildman–Crippen MR) is 131 cm³/mol. The summed E-state index contributed by atoms with van der Waals surface area (Å²) in [6.07, 6.45) is 1.64. The Morgan fingerprint density at radius 2 is 2.11 bits per heavy atom. The molecule has 10 nitrogen and oxygen atoms in total. The highest BCUT2D eigenvalue weighted by Gasteiger charge is 2.34. The van der Waals surface area contributed by atoms with Crippen LogP contribution < -0.4 is 10.2 Å². The number of carbonyl (C=O) groups is 1. The van der Waals surface area contributed by atoms with Crippen molar-refractivity contribution < 1.29 is 19.0 Å². The van der Waals surface area contributed by atoms with Crippen LogP contribution in [-0.4, -0.2) is 72.5 Å². The largest absolute Gasteiger partial charge is 0.445 e. The number of hydrogen-bond donors (Lipinski definition) is 1. The number of nitrogens with zero attached hydrogens (tertiary/aromatic N) is 5. The molecule has 1 aromatic carbocycles. The number of fused-ring (bicyclic) bond motifs is 1. The second-order valence-electron chi connectivity index (χ2n) is 9.31. The van der Waals surface area contributed by atoms with Crippen LogP contribution in [0.25, 0.3) is 0 Å². The number of nitriles is 1. The number of nitrogens with one attached hydrogen (secondary N) is 1. The highest BCUT2D eigenvalue weighted by atomic mass is 16.6. The molecular formula is C26H32N6O4. The van der Waals surface area contributed by atoms with Gasteiger partial charge >= 0.3 is 6.09 Å². The molecule has 1 amide bonds. The van der Waals surface area contributed by atoms with Gasteiger partial charge in [-0.2, -0.15) is 5.26 Å². The molecule has 2 atom stereocenters. The molecule has 10 heteroatoms. The van der Waals surface area contributed by atoms with E-state index in [0.717, 1.165) is 48.6 Å². The van der Waals surface area contributed by atoms with Crippen molar-refractivity contribution >= 4 is 11.9 Å². The van der Waals surface area contributed by atoms with Crippen LogP contribution in [0.1, 0.15) is 35.5 Å². The first-order valence-corrected chi connectivity index (χ1v) is 12.6. The quantitative estimate of drug-likeness (QED) is 0.621. The molecule has 1 N–H and O–H groups in total. The van der Waals surface area contributed by atoms with Crippen molar-refractivity contribution in [1.29, 1.82) is 5.26 Å². The molecule has 0 aliphatic carbocycles.